The van der Waals surface area contributed by atoms with Crippen LogP contribution in [0.5, 0.6) is 5.75 Å². The molecular weight excluding hydrogens is 320 g/mol. The van der Waals surface area contributed by atoms with Crippen molar-refractivity contribution in [3.8, 4) is 5.75 Å². The van der Waals surface area contributed by atoms with Gasteiger partial charge in [0.1, 0.15) is 5.75 Å². The zero-order valence-corrected chi connectivity index (χ0v) is 14.5. The molecule has 2 fully saturated rings. The van der Waals surface area contributed by atoms with Gasteiger partial charge in [-0.1, -0.05) is 43.5 Å². The summed E-state index contributed by atoms with van der Waals surface area (Å²) in [6, 6.07) is 7.29. The van der Waals surface area contributed by atoms with Gasteiger partial charge in [-0.15, -0.1) is 6.58 Å². The molecule has 1 aromatic rings. The standard InChI is InChI=1S/C19H22N2O2S/c1-2-12-20-19-21(15-9-4-3-5-10-15)18(23)17(24-19)13-14-8-6-7-11-16(14)22/h2,6-8,11,13,15,22H,1,3-5,9-10,12H2/b17-13+,20-19?. The van der Waals surface area contributed by atoms with Crippen molar-refractivity contribution in [2.75, 3.05) is 6.54 Å². The number of phenolic OH excluding ortho intramolecular Hbond substituents is 1. The van der Waals surface area contributed by atoms with E-state index in [1.165, 1.54) is 18.2 Å². The second-order valence-electron chi connectivity index (χ2n) is 6.05. The van der Waals surface area contributed by atoms with Gasteiger partial charge in [0.15, 0.2) is 5.17 Å². The Hall–Kier alpha value is -2.01. The summed E-state index contributed by atoms with van der Waals surface area (Å²) in [6.45, 7) is 4.21. The van der Waals surface area contributed by atoms with Crippen molar-refractivity contribution in [1.82, 2.24) is 4.90 Å². The minimum Gasteiger partial charge on any atom is -0.507 e. The summed E-state index contributed by atoms with van der Waals surface area (Å²) in [7, 11) is 0. The van der Waals surface area contributed by atoms with Gasteiger partial charge >= 0.3 is 0 Å². The van der Waals surface area contributed by atoms with E-state index in [4.69, 9.17) is 0 Å². The number of hydrogen-bond acceptors (Lipinski definition) is 4. The minimum absolute atomic E-state index is 0.00188. The molecule has 1 saturated carbocycles. The average Bonchev–Trinajstić information content (AvgIpc) is 2.91. The van der Waals surface area contributed by atoms with E-state index < -0.39 is 0 Å². The lowest BCUT2D eigenvalue weighted by Gasteiger charge is -2.30. The van der Waals surface area contributed by atoms with Crippen molar-refractivity contribution >= 4 is 28.9 Å². The molecule has 1 heterocycles. The van der Waals surface area contributed by atoms with Gasteiger partial charge in [0.25, 0.3) is 5.91 Å². The van der Waals surface area contributed by atoms with Crippen molar-refractivity contribution in [2.24, 2.45) is 4.99 Å². The van der Waals surface area contributed by atoms with Gasteiger partial charge < -0.3 is 5.11 Å². The molecule has 5 heteroatoms. The molecule has 0 bridgehead atoms. The van der Waals surface area contributed by atoms with E-state index in [9.17, 15) is 9.90 Å². The first kappa shape index (κ1) is 16.8. The molecule has 0 atom stereocenters. The second-order valence-corrected chi connectivity index (χ2v) is 7.06. The van der Waals surface area contributed by atoms with Crippen LogP contribution in [0, 0.1) is 0 Å². The van der Waals surface area contributed by atoms with E-state index in [2.05, 4.69) is 11.6 Å². The normalized spacial score (nSPS) is 22.5. The fourth-order valence-corrected chi connectivity index (χ4v) is 4.19. The van der Waals surface area contributed by atoms with Gasteiger partial charge in [0.2, 0.25) is 0 Å². The van der Waals surface area contributed by atoms with E-state index in [-0.39, 0.29) is 17.7 Å². The Bertz CT molecular complexity index is 690. The number of aromatic hydroxyl groups is 1. The number of para-hydroxylation sites is 1. The molecule has 0 unspecified atom stereocenters. The Morgan fingerprint density at radius 2 is 2.04 bits per heavy atom. The maximum absolute atomic E-state index is 12.9. The van der Waals surface area contributed by atoms with Crippen molar-refractivity contribution in [2.45, 2.75) is 38.1 Å². The third-order valence-electron chi connectivity index (χ3n) is 4.36. The highest BCUT2D eigenvalue weighted by Gasteiger charge is 2.38. The summed E-state index contributed by atoms with van der Waals surface area (Å²) >= 11 is 1.39. The summed E-state index contributed by atoms with van der Waals surface area (Å²) in [5.74, 6) is 0.178. The van der Waals surface area contributed by atoms with Crippen molar-refractivity contribution in [3.05, 3.63) is 47.4 Å². The minimum atomic E-state index is -0.00188. The van der Waals surface area contributed by atoms with Crippen LogP contribution >= 0.6 is 11.8 Å². The number of hydrogen-bond donors (Lipinski definition) is 1. The van der Waals surface area contributed by atoms with E-state index in [1.54, 1.807) is 30.4 Å². The molecule has 126 valence electrons. The SMILES string of the molecule is C=CCN=C1S/C(=C/c2ccccc2O)C(=O)N1C1CCCCC1. The first-order valence-corrected chi connectivity index (χ1v) is 9.19. The first-order valence-electron chi connectivity index (χ1n) is 8.37. The topological polar surface area (TPSA) is 52.9 Å². The zero-order chi connectivity index (χ0) is 16.9. The largest absolute Gasteiger partial charge is 0.507 e. The van der Waals surface area contributed by atoms with E-state index in [1.807, 2.05) is 11.0 Å². The third-order valence-corrected chi connectivity index (χ3v) is 5.38. The Morgan fingerprint density at radius 1 is 1.29 bits per heavy atom. The van der Waals surface area contributed by atoms with Gasteiger partial charge in [-0.2, -0.15) is 0 Å². The fraction of sp³-hybridized carbons (Fsp3) is 0.368. The number of phenols is 1. The molecule has 3 rings (SSSR count). The van der Waals surface area contributed by atoms with Crippen molar-refractivity contribution < 1.29 is 9.90 Å². The maximum Gasteiger partial charge on any atom is 0.267 e. The highest BCUT2D eigenvalue weighted by molar-refractivity contribution is 8.18. The number of carbonyl (C=O) groups excluding carboxylic acids is 1. The molecule has 2 aliphatic rings. The van der Waals surface area contributed by atoms with E-state index in [0.29, 0.717) is 17.0 Å². The van der Waals surface area contributed by atoms with Gasteiger partial charge in [-0.25, -0.2) is 0 Å². The molecule has 0 aromatic heterocycles. The van der Waals surface area contributed by atoms with Crippen LogP contribution in [0.2, 0.25) is 0 Å². The molecule has 1 aliphatic carbocycles. The fourth-order valence-electron chi connectivity index (χ4n) is 3.15. The number of carbonyl (C=O) groups is 1. The van der Waals surface area contributed by atoms with Crippen molar-refractivity contribution in [3.63, 3.8) is 0 Å². The van der Waals surface area contributed by atoms with Gasteiger partial charge in [-0.3, -0.25) is 14.7 Å². The molecule has 1 N–H and O–H groups in total. The lowest BCUT2D eigenvalue weighted by atomic mass is 9.94. The second kappa shape index (κ2) is 7.71. The molecule has 1 aromatic carbocycles. The number of amides is 1. The van der Waals surface area contributed by atoms with Gasteiger partial charge in [0, 0.05) is 11.6 Å². The molecular formula is C19H22N2O2S. The summed E-state index contributed by atoms with van der Waals surface area (Å²) < 4.78 is 0. The van der Waals surface area contributed by atoms with Crippen LogP contribution in [0.25, 0.3) is 6.08 Å². The predicted octanol–water partition coefficient (Wildman–Crippen LogP) is 4.18. The number of nitrogens with zero attached hydrogens (tertiary/aromatic N) is 2. The third kappa shape index (κ3) is 3.56. The first-order chi connectivity index (χ1) is 11.7. The quantitative estimate of drug-likeness (QED) is 0.659. The highest BCUT2D eigenvalue weighted by Crippen LogP contribution is 2.38. The molecule has 24 heavy (non-hydrogen) atoms. The van der Waals surface area contributed by atoms with Gasteiger partial charge in [0.05, 0.1) is 11.4 Å². The lowest BCUT2D eigenvalue weighted by Crippen LogP contribution is -2.40. The van der Waals surface area contributed by atoms with E-state index in [0.717, 1.165) is 30.9 Å². The molecule has 1 aliphatic heterocycles. The summed E-state index contributed by atoms with van der Waals surface area (Å²) in [4.78, 5) is 19.9. The van der Waals surface area contributed by atoms with Crippen LogP contribution in [0.4, 0.5) is 0 Å². The van der Waals surface area contributed by atoms with Crippen LogP contribution in [0.3, 0.4) is 0 Å². The Kier molecular flexibility index (Phi) is 5.41. The van der Waals surface area contributed by atoms with Crippen LogP contribution in [-0.2, 0) is 4.79 Å². The molecule has 0 radical (unpaired) electrons. The maximum atomic E-state index is 12.9. The average molecular weight is 342 g/mol. The molecule has 1 amide bonds. The number of thioether (sulfide) groups is 1. The number of rotatable bonds is 4. The summed E-state index contributed by atoms with van der Waals surface area (Å²) in [5, 5.41) is 10.7. The monoisotopic (exact) mass is 342 g/mol. The van der Waals surface area contributed by atoms with Gasteiger partial charge in [-0.05, 0) is 36.7 Å². The van der Waals surface area contributed by atoms with Crippen LogP contribution < -0.4 is 0 Å². The predicted molar refractivity (Wildman–Crippen MR) is 99.9 cm³/mol. The van der Waals surface area contributed by atoms with Crippen molar-refractivity contribution in [1.29, 1.82) is 0 Å². The zero-order valence-electron chi connectivity index (χ0n) is 13.6. The molecule has 0 spiro atoms. The van der Waals surface area contributed by atoms with Crippen LogP contribution in [-0.4, -0.2) is 33.7 Å². The highest BCUT2D eigenvalue weighted by atomic mass is 32.2. The smallest absolute Gasteiger partial charge is 0.267 e. The lowest BCUT2D eigenvalue weighted by molar-refractivity contribution is -0.124. The Morgan fingerprint density at radius 3 is 2.75 bits per heavy atom. The van der Waals surface area contributed by atoms with Crippen LogP contribution in [0.1, 0.15) is 37.7 Å². The summed E-state index contributed by atoms with van der Waals surface area (Å²) in [5.41, 5.74) is 0.655. The van der Waals surface area contributed by atoms with Crippen LogP contribution in [0.15, 0.2) is 46.8 Å². The molecule has 1 saturated heterocycles. The Labute approximate surface area is 147 Å². The van der Waals surface area contributed by atoms with E-state index >= 15 is 0 Å². The number of amidine groups is 1. The number of aliphatic imine (C=N–C) groups is 1. The number of benzene rings is 1. The summed E-state index contributed by atoms with van der Waals surface area (Å²) in [6.07, 6.45) is 9.12. The molecule has 4 nitrogen and oxygen atoms in total. The Balaban J connectivity index is 1.91.